The molecule has 0 unspecified atom stereocenters. The maximum absolute atomic E-state index is 11.1. The van der Waals surface area contributed by atoms with E-state index in [1.54, 1.807) is 0 Å². The van der Waals surface area contributed by atoms with Crippen molar-refractivity contribution in [2.75, 3.05) is 0 Å². The average Bonchev–Trinajstić information content (AvgIpc) is 2.49. The molecular weight excluding hydrogens is 339 g/mol. The molecular formula is C12H4Cl2N2O2S2. The van der Waals surface area contributed by atoms with Gasteiger partial charge in [-0.15, -0.1) is 9.81 Å². The standard InChI is InChI=1S/C12H4Cl2N2O2S2/c13-7-8(14)11-12(10(16-18)9(7)15-17)20-6-4-2-1-3-5(6)19-11/h1-4H. The van der Waals surface area contributed by atoms with Gasteiger partial charge in [0.25, 0.3) is 0 Å². The highest BCUT2D eigenvalue weighted by Gasteiger charge is 2.29. The van der Waals surface area contributed by atoms with E-state index in [0.29, 0.717) is 9.79 Å². The maximum Gasteiger partial charge on any atom is 0.158 e. The first-order chi connectivity index (χ1) is 9.67. The van der Waals surface area contributed by atoms with Crippen molar-refractivity contribution in [3.63, 3.8) is 0 Å². The van der Waals surface area contributed by atoms with E-state index >= 15 is 0 Å². The summed E-state index contributed by atoms with van der Waals surface area (Å²) in [6.07, 6.45) is 0. The zero-order chi connectivity index (χ0) is 14.3. The van der Waals surface area contributed by atoms with Gasteiger partial charge in [0.2, 0.25) is 0 Å². The molecule has 1 aliphatic heterocycles. The fourth-order valence-corrected chi connectivity index (χ4v) is 4.82. The van der Waals surface area contributed by atoms with E-state index in [1.165, 1.54) is 23.5 Å². The molecule has 8 heteroatoms. The summed E-state index contributed by atoms with van der Waals surface area (Å²) in [5, 5.41) is 5.87. The van der Waals surface area contributed by atoms with Crippen LogP contribution in [0.25, 0.3) is 0 Å². The molecule has 3 rings (SSSR count). The summed E-state index contributed by atoms with van der Waals surface area (Å²) in [5.74, 6) is 0. The van der Waals surface area contributed by atoms with Gasteiger partial charge in [-0.25, -0.2) is 0 Å². The molecule has 20 heavy (non-hydrogen) atoms. The van der Waals surface area contributed by atoms with E-state index in [2.05, 4.69) is 10.4 Å². The maximum atomic E-state index is 11.1. The number of hydrogen-bond donors (Lipinski definition) is 0. The smallest absolute Gasteiger partial charge is 0.145 e. The highest BCUT2D eigenvalue weighted by atomic mass is 35.5. The summed E-state index contributed by atoms with van der Waals surface area (Å²) < 4.78 is 0. The van der Waals surface area contributed by atoms with Gasteiger partial charge in [0, 0.05) is 14.7 Å². The molecule has 0 saturated heterocycles. The monoisotopic (exact) mass is 342 g/mol. The summed E-state index contributed by atoms with van der Waals surface area (Å²) >= 11 is 14.9. The minimum absolute atomic E-state index is 0.0394. The Kier molecular flexibility index (Phi) is 3.72. The third kappa shape index (κ3) is 2.03. The Morgan fingerprint density at radius 2 is 1.35 bits per heavy atom. The molecule has 0 atom stereocenters. The largest absolute Gasteiger partial charge is 0.158 e. The molecule has 0 aromatic heterocycles. The molecule has 2 aromatic rings. The third-order valence-corrected chi connectivity index (χ3v) is 6.28. The van der Waals surface area contributed by atoms with Crippen molar-refractivity contribution >= 4 is 58.1 Å². The number of benzene rings is 2. The Bertz CT molecular complexity index is 753. The van der Waals surface area contributed by atoms with Gasteiger partial charge in [0.15, 0.2) is 11.4 Å². The summed E-state index contributed by atoms with van der Waals surface area (Å²) in [6, 6.07) is 7.66. The number of nitroso groups, excluding NO2 is 2. The molecule has 0 radical (unpaired) electrons. The van der Waals surface area contributed by atoms with Crippen molar-refractivity contribution in [2.24, 2.45) is 10.4 Å². The van der Waals surface area contributed by atoms with Gasteiger partial charge < -0.3 is 0 Å². The van der Waals surface area contributed by atoms with Gasteiger partial charge in [-0.2, -0.15) is 0 Å². The predicted molar refractivity (Wildman–Crippen MR) is 82.1 cm³/mol. The van der Waals surface area contributed by atoms with Crippen LogP contribution in [0.1, 0.15) is 0 Å². The fourth-order valence-electron chi connectivity index (χ4n) is 1.81. The molecule has 0 aliphatic carbocycles. The first kappa shape index (κ1) is 13.9. The second-order valence-electron chi connectivity index (χ2n) is 3.82. The van der Waals surface area contributed by atoms with E-state index in [9.17, 15) is 9.81 Å². The van der Waals surface area contributed by atoms with E-state index in [1.807, 2.05) is 24.3 Å². The molecule has 0 saturated carbocycles. The number of nitrogens with zero attached hydrogens (tertiary/aromatic N) is 2. The van der Waals surface area contributed by atoms with Gasteiger partial charge in [0.1, 0.15) is 0 Å². The fraction of sp³-hybridized carbons (Fsp3) is 0. The van der Waals surface area contributed by atoms with Gasteiger partial charge in [-0.05, 0) is 22.5 Å². The second-order valence-corrected chi connectivity index (χ2v) is 6.68. The molecule has 0 N–H and O–H groups in total. The topological polar surface area (TPSA) is 58.9 Å². The minimum atomic E-state index is -0.210. The number of rotatable bonds is 2. The van der Waals surface area contributed by atoms with Gasteiger partial charge in [0.05, 0.1) is 14.9 Å². The van der Waals surface area contributed by atoms with Crippen LogP contribution in [0.2, 0.25) is 10.0 Å². The van der Waals surface area contributed by atoms with Crippen LogP contribution in [-0.4, -0.2) is 0 Å². The second kappa shape index (κ2) is 5.37. The molecule has 0 spiro atoms. The van der Waals surface area contributed by atoms with Crippen LogP contribution in [0.15, 0.2) is 54.2 Å². The Labute approximate surface area is 132 Å². The highest BCUT2D eigenvalue weighted by molar-refractivity contribution is 8.05. The average molecular weight is 343 g/mol. The van der Waals surface area contributed by atoms with E-state index in [0.717, 1.165) is 9.79 Å². The highest BCUT2D eigenvalue weighted by Crippen LogP contribution is 2.59. The summed E-state index contributed by atoms with van der Waals surface area (Å²) in [7, 11) is 0. The van der Waals surface area contributed by atoms with E-state index in [4.69, 9.17) is 23.2 Å². The van der Waals surface area contributed by atoms with Gasteiger partial charge in [-0.3, -0.25) is 0 Å². The molecule has 0 bridgehead atoms. The van der Waals surface area contributed by atoms with Crippen molar-refractivity contribution in [3.05, 3.63) is 44.1 Å². The zero-order valence-electron chi connectivity index (χ0n) is 9.59. The quantitative estimate of drug-likeness (QED) is 0.505. The number of halogens is 2. The van der Waals surface area contributed by atoms with Crippen LogP contribution < -0.4 is 0 Å². The van der Waals surface area contributed by atoms with Crippen LogP contribution in [0.5, 0.6) is 0 Å². The third-order valence-electron chi connectivity index (χ3n) is 2.70. The molecule has 2 aromatic carbocycles. The van der Waals surface area contributed by atoms with Crippen LogP contribution >= 0.6 is 46.7 Å². The minimum Gasteiger partial charge on any atom is -0.145 e. The lowest BCUT2D eigenvalue weighted by atomic mass is 10.2. The molecule has 1 heterocycles. The van der Waals surface area contributed by atoms with Crippen molar-refractivity contribution in [3.8, 4) is 0 Å². The molecule has 1 aliphatic rings. The van der Waals surface area contributed by atoms with E-state index < -0.39 is 0 Å². The van der Waals surface area contributed by atoms with Gasteiger partial charge >= 0.3 is 0 Å². The van der Waals surface area contributed by atoms with Crippen LogP contribution in [-0.2, 0) is 0 Å². The van der Waals surface area contributed by atoms with Crippen molar-refractivity contribution in [2.45, 2.75) is 19.6 Å². The van der Waals surface area contributed by atoms with Crippen molar-refractivity contribution in [1.29, 1.82) is 0 Å². The Morgan fingerprint density at radius 3 is 1.90 bits per heavy atom. The first-order valence-corrected chi connectivity index (χ1v) is 7.72. The van der Waals surface area contributed by atoms with Gasteiger partial charge in [-0.1, -0.05) is 58.9 Å². The number of hydrogen-bond acceptors (Lipinski definition) is 6. The number of fused-ring (bicyclic) bond motifs is 2. The SMILES string of the molecule is O=Nc1c(Cl)c(Cl)c2c(c1N=O)Sc1ccccc1S2. The van der Waals surface area contributed by atoms with E-state index in [-0.39, 0.29) is 21.4 Å². The Hall–Kier alpha value is -1.08. The Balaban J connectivity index is 2.30. The molecule has 4 nitrogen and oxygen atoms in total. The lowest BCUT2D eigenvalue weighted by Crippen LogP contribution is -1.92. The summed E-state index contributed by atoms with van der Waals surface area (Å²) in [5.41, 5.74) is -0.269. The molecule has 100 valence electrons. The van der Waals surface area contributed by atoms with Crippen LogP contribution in [0.3, 0.4) is 0 Å². The lowest BCUT2D eigenvalue weighted by Gasteiger charge is -2.21. The van der Waals surface area contributed by atoms with Crippen molar-refractivity contribution in [1.82, 2.24) is 0 Å². The zero-order valence-corrected chi connectivity index (χ0v) is 12.7. The van der Waals surface area contributed by atoms with Crippen LogP contribution in [0.4, 0.5) is 11.4 Å². The molecule has 0 amide bonds. The van der Waals surface area contributed by atoms with Crippen molar-refractivity contribution < 1.29 is 0 Å². The summed E-state index contributed by atoms with van der Waals surface area (Å²) in [6.45, 7) is 0. The normalized spacial score (nSPS) is 12.5. The lowest BCUT2D eigenvalue weighted by molar-refractivity contribution is 1.14. The van der Waals surface area contributed by atoms with Crippen LogP contribution in [0, 0.1) is 9.81 Å². The Morgan fingerprint density at radius 1 is 0.800 bits per heavy atom. The predicted octanol–water partition coefficient (Wildman–Crippen LogP) is 6.41. The summed E-state index contributed by atoms with van der Waals surface area (Å²) in [4.78, 5) is 25.1. The molecule has 0 fully saturated rings. The first-order valence-electron chi connectivity index (χ1n) is 5.33.